The van der Waals surface area contributed by atoms with Crippen LogP contribution in [0, 0.1) is 5.92 Å². The van der Waals surface area contributed by atoms with Gasteiger partial charge in [-0.2, -0.15) is 4.31 Å². The zero-order valence-corrected chi connectivity index (χ0v) is 14.0. The number of hydrogen-bond acceptors (Lipinski definition) is 3. The third kappa shape index (κ3) is 4.28. The molecule has 0 spiro atoms. The monoisotopic (exact) mass is 310 g/mol. The highest BCUT2D eigenvalue weighted by Crippen LogP contribution is 2.25. The second-order valence-electron chi connectivity index (χ2n) is 6.20. The number of hydrogen-bond donors (Lipinski definition) is 1. The van der Waals surface area contributed by atoms with Gasteiger partial charge in [0.1, 0.15) is 0 Å². The van der Waals surface area contributed by atoms with Crippen molar-refractivity contribution in [1.29, 1.82) is 0 Å². The quantitative estimate of drug-likeness (QED) is 0.908. The second kappa shape index (κ2) is 6.90. The lowest BCUT2D eigenvalue weighted by Gasteiger charge is -2.35. The smallest absolute Gasteiger partial charge is 0.218 e. The Labute approximate surface area is 128 Å². The van der Waals surface area contributed by atoms with Gasteiger partial charge in [-0.05, 0) is 43.9 Å². The number of rotatable bonds is 5. The first-order chi connectivity index (χ1) is 9.92. The summed E-state index contributed by atoms with van der Waals surface area (Å²) in [6.07, 6.45) is 2.08. The van der Waals surface area contributed by atoms with Crippen LogP contribution in [0.25, 0.3) is 0 Å². The Bertz CT molecular complexity index is 554. The highest BCUT2D eigenvalue weighted by Gasteiger charge is 2.32. The van der Waals surface area contributed by atoms with Crippen molar-refractivity contribution in [1.82, 2.24) is 9.62 Å². The summed E-state index contributed by atoms with van der Waals surface area (Å²) in [6.45, 7) is 5.59. The van der Waals surface area contributed by atoms with Gasteiger partial charge in [0.2, 0.25) is 10.0 Å². The molecule has 2 unspecified atom stereocenters. The Morgan fingerprint density at radius 1 is 1.14 bits per heavy atom. The largest absolute Gasteiger partial charge is 0.316 e. The number of nitrogens with one attached hydrogen (secondary N) is 1. The average Bonchev–Trinajstić information content (AvgIpc) is 2.43. The average molecular weight is 310 g/mol. The normalized spacial score (nSPS) is 24.1. The molecule has 1 fully saturated rings. The molecule has 4 nitrogen and oxygen atoms in total. The van der Waals surface area contributed by atoms with Crippen molar-refractivity contribution in [2.45, 2.75) is 45.0 Å². The molecule has 0 bridgehead atoms. The molecule has 2 atom stereocenters. The molecule has 0 radical (unpaired) electrons. The number of benzene rings is 1. The van der Waals surface area contributed by atoms with Gasteiger partial charge >= 0.3 is 0 Å². The fraction of sp³-hybridized carbons (Fsp3) is 0.625. The molecule has 1 N–H and O–H groups in total. The van der Waals surface area contributed by atoms with E-state index in [1.54, 1.807) is 4.31 Å². The Balaban J connectivity index is 2.09. The van der Waals surface area contributed by atoms with Crippen molar-refractivity contribution in [2.24, 2.45) is 5.92 Å². The molecule has 0 saturated carbocycles. The summed E-state index contributed by atoms with van der Waals surface area (Å²) in [6, 6.07) is 7.94. The summed E-state index contributed by atoms with van der Waals surface area (Å²) in [5, 5.41) is 3.09. The molecule has 1 aromatic rings. The third-order valence-corrected chi connectivity index (χ3v) is 6.09. The van der Waals surface area contributed by atoms with E-state index in [1.165, 1.54) is 5.56 Å². The van der Waals surface area contributed by atoms with E-state index in [1.807, 2.05) is 38.2 Å². The molecule has 21 heavy (non-hydrogen) atoms. The van der Waals surface area contributed by atoms with Gasteiger partial charge in [-0.1, -0.05) is 31.2 Å². The van der Waals surface area contributed by atoms with Crippen molar-refractivity contribution in [3.05, 3.63) is 35.4 Å². The van der Waals surface area contributed by atoms with Crippen LogP contribution >= 0.6 is 0 Å². The van der Waals surface area contributed by atoms with Crippen LogP contribution in [0.5, 0.6) is 0 Å². The van der Waals surface area contributed by atoms with Gasteiger partial charge in [0, 0.05) is 19.1 Å². The molecular weight excluding hydrogens is 284 g/mol. The number of sulfonamides is 1. The van der Waals surface area contributed by atoms with Crippen LogP contribution in [0.3, 0.4) is 0 Å². The first kappa shape index (κ1) is 16.5. The first-order valence-electron chi connectivity index (χ1n) is 7.64. The van der Waals surface area contributed by atoms with Crippen LogP contribution in [0.15, 0.2) is 24.3 Å². The topological polar surface area (TPSA) is 49.4 Å². The standard InChI is InChI=1S/C16H26N2O2S/c1-13-4-5-14(2)18(11-13)21(19,20)12-16-8-6-15(7-9-16)10-17-3/h6-9,13-14,17H,4-5,10-12H2,1-3H3. The molecule has 2 rings (SSSR count). The summed E-state index contributed by atoms with van der Waals surface area (Å²) in [5.74, 6) is 0.554. The minimum atomic E-state index is -3.23. The molecule has 1 aliphatic rings. The SMILES string of the molecule is CNCc1ccc(CS(=O)(=O)N2CC(C)CCC2C)cc1. The summed E-state index contributed by atoms with van der Waals surface area (Å²) < 4.78 is 27.0. The molecule has 0 aromatic heterocycles. The Hall–Kier alpha value is -0.910. The maximum absolute atomic E-state index is 12.6. The zero-order chi connectivity index (χ0) is 15.5. The summed E-state index contributed by atoms with van der Waals surface area (Å²) in [5.41, 5.74) is 2.03. The van der Waals surface area contributed by atoms with Crippen LogP contribution < -0.4 is 5.32 Å². The van der Waals surface area contributed by atoms with Gasteiger partial charge in [0.15, 0.2) is 0 Å². The second-order valence-corrected chi connectivity index (χ2v) is 8.13. The van der Waals surface area contributed by atoms with E-state index in [9.17, 15) is 8.42 Å². The Kier molecular flexibility index (Phi) is 5.41. The van der Waals surface area contributed by atoms with Crippen LogP contribution in [-0.4, -0.2) is 32.4 Å². The van der Waals surface area contributed by atoms with Gasteiger partial charge in [0.25, 0.3) is 0 Å². The molecule has 5 heteroatoms. The van der Waals surface area contributed by atoms with E-state index in [2.05, 4.69) is 12.2 Å². The fourth-order valence-corrected chi connectivity index (χ4v) is 4.80. The minimum Gasteiger partial charge on any atom is -0.316 e. The van der Waals surface area contributed by atoms with E-state index < -0.39 is 10.0 Å². The Morgan fingerprint density at radius 2 is 1.76 bits per heavy atom. The molecular formula is C16H26N2O2S. The fourth-order valence-electron chi connectivity index (χ4n) is 2.89. The van der Waals surface area contributed by atoms with Gasteiger partial charge < -0.3 is 5.32 Å². The predicted molar refractivity (Wildman–Crippen MR) is 86.4 cm³/mol. The molecule has 0 amide bonds. The third-order valence-electron chi connectivity index (χ3n) is 4.17. The lowest BCUT2D eigenvalue weighted by molar-refractivity contribution is 0.217. The minimum absolute atomic E-state index is 0.101. The van der Waals surface area contributed by atoms with E-state index in [0.29, 0.717) is 12.5 Å². The molecule has 118 valence electrons. The highest BCUT2D eigenvalue weighted by atomic mass is 32.2. The maximum atomic E-state index is 12.6. The summed E-state index contributed by atoms with van der Waals surface area (Å²) >= 11 is 0. The zero-order valence-electron chi connectivity index (χ0n) is 13.2. The summed E-state index contributed by atoms with van der Waals surface area (Å²) in [4.78, 5) is 0. The van der Waals surface area contributed by atoms with Crippen molar-refractivity contribution < 1.29 is 8.42 Å². The molecule has 0 aliphatic carbocycles. The van der Waals surface area contributed by atoms with Crippen LogP contribution in [0.4, 0.5) is 0 Å². The van der Waals surface area contributed by atoms with Crippen LogP contribution in [-0.2, 0) is 22.3 Å². The Morgan fingerprint density at radius 3 is 2.38 bits per heavy atom. The molecule has 1 aliphatic heterocycles. The van der Waals surface area contributed by atoms with E-state index in [4.69, 9.17) is 0 Å². The van der Waals surface area contributed by atoms with Gasteiger partial charge in [-0.25, -0.2) is 8.42 Å². The van der Waals surface area contributed by atoms with E-state index >= 15 is 0 Å². The van der Waals surface area contributed by atoms with Gasteiger partial charge in [0.05, 0.1) is 5.75 Å². The van der Waals surface area contributed by atoms with Crippen molar-refractivity contribution in [2.75, 3.05) is 13.6 Å². The van der Waals surface area contributed by atoms with Crippen LogP contribution in [0.1, 0.15) is 37.8 Å². The predicted octanol–water partition coefficient (Wildman–Crippen LogP) is 2.36. The summed E-state index contributed by atoms with van der Waals surface area (Å²) in [7, 11) is -1.33. The van der Waals surface area contributed by atoms with E-state index in [-0.39, 0.29) is 11.8 Å². The first-order valence-corrected chi connectivity index (χ1v) is 9.25. The van der Waals surface area contributed by atoms with Gasteiger partial charge in [-0.15, -0.1) is 0 Å². The van der Waals surface area contributed by atoms with E-state index in [0.717, 1.165) is 24.9 Å². The lowest BCUT2D eigenvalue weighted by atomic mass is 9.97. The highest BCUT2D eigenvalue weighted by molar-refractivity contribution is 7.88. The van der Waals surface area contributed by atoms with Crippen molar-refractivity contribution >= 4 is 10.0 Å². The molecule has 1 saturated heterocycles. The van der Waals surface area contributed by atoms with Crippen LogP contribution in [0.2, 0.25) is 0 Å². The number of piperidine rings is 1. The van der Waals surface area contributed by atoms with Crippen molar-refractivity contribution in [3.63, 3.8) is 0 Å². The van der Waals surface area contributed by atoms with Gasteiger partial charge in [-0.3, -0.25) is 0 Å². The maximum Gasteiger partial charge on any atom is 0.218 e. The molecule has 1 heterocycles. The molecule has 1 aromatic carbocycles. The number of nitrogens with zero attached hydrogens (tertiary/aromatic N) is 1. The van der Waals surface area contributed by atoms with Crippen molar-refractivity contribution in [3.8, 4) is 0 Å². The lowest BCUT2D eigenvalue weighted by Crippen LogP contribution is -2.45.